The summed E-state index contributed by atoms with van der Waals surface area (Å²) in [7, 11) is -3.32. The first kappa shape index (κ1) is 17.6. The number of piperidine rings is 1. The van der Waals surface area contributed by atoms with Gasteiger partial charge in [0.05, 0.1) is 12.2 Å². The third-order valence-electron chi connectivity index (χ3n) is 4.86. The molecule has 0 aromatic heterocycles. The van der Waals surface area contributed by atoms with Crippen LogP contribution in [-0.2, 0) is 14.8 Å². The van der Waals surface area contributed by atoms with E-state index in [0.717, 1.165) is 16.7 Å². The molecule has 2 aromatic rings. The monoisotopic (exact) mass is 358 g/mol. The van der Waals surface area contributed by atoms with E-state index in [-0.39, 0.29) is 12.5 Å². The highest BCUT2D eigenvalue weighted by molar-refractivity contribution is 7.88. The number of carbonyl (C=O) groups excluding carboxylic acids is 1. The molecule has 0 aliphatic carbocycles. The maximum absolute atomic E-state index is 11.9. The van der Waals surface area contributed by atoms with Crippen LogP contribution in [0.1, 0.15) is 17.9 Å². The molecule has 1 fully saturated rings. The largest absolute Gasteiger partial charge is 0.369 e. The van der Waals surface area contributed by atoms with Gasteiger partial charge >= 0.3 is 0 Å². The summed E-state index contributed by atoms with van der Waals surface area (Å²) in [6.45, 7) is 0.562. The van der Waals surface area contributed by atoms with Crippen molar-refractivity contribution in [3.63, 3.8) is 0 Å². The summed E-state index contributed by atoms with van der Waals surface area (Å²) in [5.41, 5.74) is 8.82. The number of hydrogen-bond acceptors (Lipinski definition) is 3. The van der Waals surface area contributed by atoms with E-state index in [1.54, 1.807) is 0 Å². The fraction of sp³-hybridized carbons (Fsp3) is 0.316. The zero-order valence-electron chi connectivity index (χ0n) is 14.1. The second kappa shape index (κ2) is 6.98. The van der Waals surface area contributed by atoms with Gasteiger partial charge in [-0.05, 0) is 29.0 Å². The molecule has 1 aliphatic rings. The van der Waals surface area contributed by atoms with E-state index < -0.39 is 21.8 Å². The lowest BCUT2D eigenvalue weighted by Crippen LogP contribution is -2.47. The molecule has 0 radical (unpaired) electrons. The van der Waals surface area contributed by atoms with Crippen molar-refractivity contribution in [3.8, 4) is 11.1 Å². The minimum absolute atomic E-state index is 0.0553. The Morgan fingerprint density at radius 2 is 1.64 bits per heavy atom. The molecule has 25 heavy (non-hydrogen) atoms. The van der Waals surface area contributed by atoms with E-state index >= 15 is 0 Å². The van der Waals surface area contributed by atoms with Crippen molar-refractivity contribution in [1.82, 2.24) is 4.31 Å². The molecule has 3 rings (SSSR count). The van der Waals surface area contributed by atoms with Crippen molar-refractivity contribution in [2.45, 2.75) is 12.3 Å². The van der Waals surface area contributed by atoms with Gasteiger partial charge in [-0.2, -0.15) is 0 Å². The van der Waals surface area contributed by atoms with Crippen LogP contribution in [0.3, 0.4) is 0 Å². The predicted octanol–water partition coefficient (Wildman–Crippen LogP) is 2.20. The Labute approximate surface area is 148 Å². The summed E-state index contributed by atoms with van der Waals surface area (Å²) < 4.78 is 24.9. The van der Waals surface area contributed by atoms with Crippen LogP contribution in [0, 0.1) is 5.92 Å². The third kappa shape index (κ3) is 3.91. The number of amides is 1. The van der Waals surface area contributed by atoms with Crippen LogP contribution >= 0.6 is 0 Å². The number of nitrogens with two attached hydrogens (primary N) is 1. The van der Waals surface area contributed by atoms with Gasteiger partial charge in [0.1, 0.15) is 0 Å². The van der Waals surface area contributed by atoms with E-state index in [9.17, 15) is 13.2 Å². The van der Waals surface area contributed by atoms with Crippen molar-refractivity contribution in [2.75, 3.05) is 19.3 Å². The molecule has 0 bridgehead atoms. The van der Waals surface area contributed by atoms with Gasteiger partial charge < -0.3 is 5.73 Å². The lowest BCUT2D eigenvalue weighted by molar-refractivity contribution is -0.123. The smallest absolute Gasteiger partial charge is 0.222 e. The number of nitrogens with zero attached hydrogens (tertiary/aromatic N) is 1. The van der Waals surface area contributed by atoms with Gasteiger partial charge in [0, 0.05) is 13.1 Å². The van der Waals surface area contributed by atoms with Gasteiger partial charge in [-0.15, -0.1) is 0 Å². The summed E-state index contributed by atoms with van der Waals surface area (Å²) in [4.78, 5) is 11.9. The van der Waals surface area contributed by atoms with Gasteiger partial charge in [-0.3, -0.25) is 4.79 Å². The number of benzene rings is 2. The fourth-order valence-electron chi connectivity index (χ4n) is 3.46. The van der Waals surface area contributed by atoms with E-state index in [1.165, 1.54) is 10.6 Å². The summed E-state index contributed by atoms with van der Waals surface area (Å²) in [5, 5.41) is 0. The normalized spacial score (nSPS) is 21.8. The highest BCUT2D eigenvalue weighted by Gasteiger charge is 2.36. The van der Waals surface area contributed by atoms with Crippen molar-refractivity contribution in [2.24, 2.45) is 11.7 Å². The number of primary amides is 1. The van der Waals surface area contributed by atoms with Crippen molar-refractivity contribution >= 4 is 15.9 Å². The Morgan fingerprint density at radius 1 is 1.04 bits per heavy atom. The molecule has 0 spiro atoms. The lowest BCUT2D eigenvalue weighted by atomic mass is 9.80. The first-order valence-corrected chi connectivity index (χ1v) is 10.1. The van der Waals surface area contributed by atoms with Crippen LogP contribution in [0.25, 0.3) is 11.1 Å². The molecule has 2 N–H and O–H groups in total. The molecule has 1 amide bonds. The summed E-state index contributed by atoms with van der Waals surface area (Å²) in [6, 6.07) is 18.2. The Balaban J connectivity index is 1.84. The molecule has 1 heterocycles. The Kier molecular flexibility index (Phi) is 4.92. The van der Waals surface area contributed by atoms with Gasteiger partial charge in [-0.25, -0.2) is 12.7 Å². The van der Waals surface area contributed by atoms with Crippen LogP contribution in [0.2, 0.25) is 0 Å². The number of carbonyl (C=O) groups is 1. The van der Waals surface area contributed by atoms with E-state index in [0.29, 0.717) is 13.0 Å². The van der Waals surface area contributed by atoms with Crippen molar-refractivity contribution in [1.29, 1.82) is 0 Å². The topological polar surface area (TPSA) is 80.5 Å². The molecular weight excluding hydrogens is 336 g/mol. The average molecular weight is 358 g/mol. The quantitative estimate of drug-likeness (QED) is 0.910. The molecule has 6 heteroatoms. The Morgan fingerprint density at radius 3 is 2.20 bits per heavy atom. The fourth-order valence-corrected chi connectivity index (χ4v) is 4.33. The van der Waals surface area contributed by atoms with Gasteiger partial charge in [-0.1, -0.05) is 54.6 Å². The first-order valence-electron chi connectivity index (χ1n) is 8.26. The van der Waals surface area contributed by atoms with Gasteiger partial charge in [0.15, 0.2) is 0 Å². The Hall–Kier alpha value is -2.18. The SMILES string of the molecule is CS(=O)(=O)N1CC[C@H](c2ccc(-c3ccccc3)cc2)[C@@H](C(N)=O)C1. The average Bonchev–Trinajstić information content (AvgIpc) is 2.61. The molecular formula is C19H22N2O3S. The summed E-state index contributed by atoms with van der Waals surface area (Å²) in [5.74, 6) is -1.02. The number of rotatable bonds is 4. The van der Waals surface area contributed by atoms with Crippen LogP contribution in [0.15, 0.2) is 54.6 Å². The minimum Gasteiger partial charge on any atom is -0.369 e. The second-order valence-electron chi connectivity index (χ2n) is 6.51. The molecule has 5 nitrogen and oxygen atoms in total. The number of sulfonamides is 1. The molecule has 0 unspecified atom stereocenters. The maximum atomic E-state index is 11.9. The zero-order chi connectivity index (χ0) is 18.0. The molecule has 1 saturated heterocycles. The maximum Gasteiger partial charge on any atom is 0.222 e. The predicted molar refractivity (Wildman–Crippen MR) is 98.3 cm³/mol. The van der Waals surface area contributed by atoms with Crippen molar-refractivity contribution in [3.05, 3.63) is 60.2 Å². The zero-order valence-corrected chi connectivity index (χ0v) is 14.9. The van der Waals surface area contributed by atoms with Crippen LogP contribution in [0.5, 0.6) is 0 Å². The third-order valence-corrected chi connectivity index (χ3v) is 6.13. The summed E-state index contributed by atoms with van der Waals surface area (Å²) >= 11 is 0. The minimum atomic E-state index is -3.32. The number of hydrogen-bond donors (Lipinski definition) is 1. The van der Waals surface area contributed by atoms with Crippen LogP contribution in [-0.4, -0.2) is 38.0 Å². The van der Waals surface area contributed by atoms with E-state index in [2.05, 4.69) is 0 Å². The Bertz CT molecular complexity index is 848. The molecule has 2 aromatic carbocycles. The lowest BCUT2D eigenvalue weighted by Gasteiger charge is -2.36. The summed E-state index contributed by atoms with van der Waals surface area (Å²) in [6.07, 6.45) is 1.76. The van der Waals surface area contributed by atoms with Crippen molar-refractivity contribution < 1.29 is 13.2 Å². The van der Waals surface area contributed by atoms with Crippen LogP contribution in [0.4, 0.5) is 0 Å². The first-order chi connectivity index (χ1) is 11.9. The molecule has 0 saturated carbocycles. The van der Waals surface area contributed by atoms with Gasteiger partial charge in [0.25, 0.3) is 0 Å². The van der Waals surface area contributed by atoms with E-state index in [4.69, 9.17) is 5.73 Å². The molecule has 1 aliphatic heterocycles. The molecule has 2 atom stereocenters. The van der Waals surface area contributed by atoms with Crippen LogP contribution < -0.4 is 5.73 Å². The molecule has 132 valence electrons. The van der Waals surface area contributed by atoms with E-state index in [1.807, 2.05) is 54.6 Å². The standard InChI is InChI=1S/C19H22N2O3S/c1-25(23,24)21-12-11-17(18(13-21)19(20)22)16-9-7-15(8-10-16)14-5-3-2-4-6-14/h2-10,17-18H,11-13H2,1H3,(H2,20,22)/t17-,18+/m1/s1. The highest BCUT2D eigenvalue weighted by Crippen LogP contribution is 2.34. The second-order valence-corrected chi connectivity index (χ2v) is 8.50. The highest BCUT2D eigenvalue weighted by atomic mass is 32.2. The van der Waals surface area contributed by atoms with Gasteiger partial charge in [0.2, 0.25) is 15.9 Å².